The predicted molar refractivity (Wildman–Crippen MR) is 192 cm³/mol. The lowest BCUT2D eigenvalue weighted by molar-refractivity contribution is -0.116. The van der Waals surface area contributed by atoms with Gasteiger partial charge in [-0.3, -0.25) is 4.79 Å². The Hall–Kier alpha value is -2.97. The zero-order chi connectivity index (χ0) is 32.7. The van der Waals surface area contributed by atoms with E-state index in [1.165, 1.54) is 34.3 Å². The van der Waals surface area contributed by atoms with Gasteiger partial charge >= 0.3 is 0 Å². The molecule has 2 nitrogen and oxygen atoms in total. The Bertz CT molecular complexity index is 1150. The van der Waals surface area contributed by atoms with Crippen LogP contribution in [-0.2, 0) is 9.53 Å². The quantitative estimate of drug-likeness (QED) is 0.0805. The lowest BCUT2D eigenvalue weighted by Crippen LogP contribution is -2.23. The Labute approximate surface area is 266 Å². The summed E-state index contributed by atoms with van der Waals surface area (Å²) in [6.45, 7) is 21.1. The number of ketones is 1. The summed E-state index contributed by atoms with van der Waals surface area (Å²) in [7, 11) is 1.68. The number of allylic oxidation sites excluding steroid dienone is 20. The maximum Gasteiger partial charge on any atom is 0.158 e. The third kappa shape index (κ3) is 24.2. The molecule has 0 fully saturated rings. The minimum absolute atomic E-state index is 0.164. The smallest absolute Gasteiger partial charge is 0.158 e. The summed E-state index contributed by atoms with van der Waals surface area (Å²) in [4.78, 5) is 12.3. The minimum Gasteiger partial charge on any atom is -0.379 e. The first kappa shape index (κ1) is 40.0. The summed E-state index contributed by atoms with van der Waals surface area (Å²) in [6, 6.07) is 0. The summed E-state index contributed by atoms with van der Waals surface area (Å²) in [6.07, 6.45) is 35.8. The van der Waals surface area contributed by atoms with Gasteiger partial charge < -0.3 is 4.74 Å². The molecule has 0 radical (unpaired) electrons. The fraction of sp³-hybridized carbons (Fsp3) is 0.488. The molecule has 43 heavy (non-hydrogen) atoms. The highest BCUT2D eigenvalue weighted by Crippen LogP contribution is 2.17. The lowest BCUT2D eigenvalue weighted by Gasteiger charge is -2.22. The van der Waals surface area contributed by atoms with Crippen LogP contribution in [0.4, 0.5) is 0 Å². The molecule has 0 rings (SSSR count). The van der Waals surface area contributed by atoms with E-state index in [1.54, 1.807) is 7.11 Å². The standard InChI is InChI=1S/C41H62O2/c1-33(2)19-14-22-36(5)25-17-27-37(6)26-15-23-34(3)20-12-13-21-35(4)24-16-28-38(7)29-18-30-39(8)40(42)31-32-41(9,10)43-11/h12-13,16,18-21,24-26,28-30H,14-15,17,22-23,27,31-32H2,1-11H3. The molecule has 0 aromatic heterocycles. The SMILES string of the molecule is COC(C)(C)CCC(=O)C(C)=CC=CC(C)=CC=CC(C)=CC=CC=C(C)CCC=C(C)CCC=C(C)CCC=C(C)C. The minimum atomic E-state index is -0.269. The fourth-order valence-corrected chi connectivity index (χ4v) is 4.01. The number of hydrogen-bond acceptors (Lipinski definition) is 2. The maximum absolute atomic E-state index is 12.3. The highest BCUT2D eigenvalue weighted by atomic mass is 16.5. The first-order valence-corrected chi connectivity index (χ1v) is 16.0. The molecule has 0 saturated carbocycles. The van der Waals surface area contributed by atoms with E-state index in [1.807, 2.05) is 39.0 Å². The van der Waals surface area contributed by atoms with Crippen LogP contribution in [0.1, 0.15) is 121 Å². The molecule has 0 N–H and O–H groups in total. The van der Waals surface area contributed by atoms with Gasteiger partial charge in [0.05, 0.1) is 5.60 Å². The molecule has 0 atom stereocenters. The van der Waals surface area contributed by atoms with Crippen molar-refractivity contribution in [2.45, 2.75) is 126 Å². The van der Waals surface area contributed by atoms with Crippen molar-refractivity contribution in [2.75, 3.05) is 7.11 Å². The summed E-state index contributed by atoms with van der Waals surface area (Å²) >= 11 is 0. The molecule has 0 aliphatic heterocycles. The Kier molecular flexibility index (Phi) is 21.9. The summed E-state index contributed by atoms with van der Waals surface area (Å²) in [5, 5.41) is 0. The predicted octanol–water partition coefficient (Wildman–Crippen LogP) is 12.4. The normalized spacial score (nSPS) is 15.0. The molecule has 0 aliphatic rings. The highest BCUT2D eigenvalue weighted by Gasteiger charge is 2.18. The van der Waals surface area contributed by atoms with E-state index in [4.69, 9.17) is 4.74 Å². The van der Waals surface area contributed by atoms with Crippen LogP contribution in [0.25, 0.3) is 0 Å². The molecule has 0 aliphatic carbocycles. The van der Waals surface area contributed by atoms with Crippen molar-refractivity contribution >= 4 is 5.78 Å². The van der Waals surface area contributed by atoms with Crippen LogP contribution in [0.15, 0.2) is 118 Å². The van der Waals surface area contributed by atoms with E-state index in [0.717, 1.165) is 43.3 Å². The monoisotopic (exact) mass is 586 g/mol. The van der Waals surface area contributed by atoms with Crippen LogP contribution in [-0.4, -0.2) is 18.5 Å². The van der Waals surface area contributed by atoms with Crippen LogP contribution in [0, 0.1) is 0 Å². The molecule has 0 saturated heterocycles. The highest BCUT2D eigenvalue weighted by molar-refractivity contribution is 5.95. The number of methoxy groups -OCH3 is 1. The Morgan fingerprint density at radius 1 is 0.581 bits per heavy atom. The van der Waals surface area contributed by atoms with Crippen LogP contribution in [0.5, 0.6) is 0 Å². The fourth-order valence-electron chi connectivity index (χ4n) is 4.01. The molecular formula is C41H62O2. The second-order valence-corrected chi connectivity index (χ2v) is 12.7. The third-order valence-corrected chi connectivity index (χ3v) is 7.38. The third-order valence-electron chi connectivity index (χ3n) is 7.38. The second kappa shape index (κ2) is 23.5. The average molecular weight is 587 g/mol. The van der Waals surface area contributed by atoms with E-state index in [9.17, 15) is 4.79 Å². The number of ether oxygens (including phenoxy) is 1. The number of rotatable bonds is 20. The van der Waals surface area contributed by atoms with Gasteiger partial charge in [0.25, 0.3) is 0 Å². The Balaban J connectivity index is 4.58. The van der Waals surface area contributed by atoms with Gasteiger partial charge in [-0.25, -0.2) is 0 Å². The molecule has 238 valence electrons. The van der Waals surface area contributed by atoms with Gasteiger partial charge in [-0.1, -0.05) is 112 Å². The number of hydrogen-bond donors (Lipinski definition) is 0. The van der Waals surface area contributed by atoms with Crippen molar-refractivity contribution < 1.29 is 9.53 Å². The molecule has 2 heteroatoms. The largest absolute Gasteiger partial charge is 0.379 e. The van der Waals surface area contributed by atoms with Gasteiger partial charge in [0, 0.05) is 13.5 Å². The molecule has 0 amide bonds. The van der Waals surface area contributed by atoms with Crippen LogP contribution in [0.3, 0.4) is 0 Å². The zero-order valence-electron chi connectivity index (χ0n) is 29.5. The van der Waals surface area contributed by atoms with Crippen molar-refractivity contribution in [2.24, 2.45) is 0 Å². The average Bonchev–Trinajstić information content (AvgIpc) is 2.93. The van der Waals surface area contributed by atoms with Gasteiger partial charge in [-0.2, -0.15) is 0 Å². The van der Waals surface area contributed by atoms with Crippen molar-refractivity contribution in [3.63, 3.8) is 0 Å². The maximum atomic E-state index is 12.3. The summed E-state index contributed by atoms with van der Waals surface area (Å²) < 4.78 is 5.40. The Morgan fingerprint density at radius 3 is 1.58 bits per heavy atom. The van der Waals surface area contributed by atoms with Crippen molar-refractivity contribution in [3.05, 3.63) is 118 Å². The molecule has 0 aromatic carbocycles. The first-order chi connectivity index (χ1) is 20.3. The Morgan fingerprint density at radius 2 is 1.05 bits per heavy atom. The van der Waals surface area contributed by atoms with E-state index >= 15 is 0 Å². The van der Waals surface area contributed by atoms with E-state index in [-0.39, 0.29) is 11.4 Å². The topological polar surface area (TPSA) is 26.3 Å². The van der Waals surface area contributed by atoms with E-state index in [0.29, 0.717) is 12.8 Å². The van der Waals surface area contributed by atoms with Crippen molar-refractivity contribution in [1.29, 1.82) is 0 Å². The van der Waals surface area contributed by atoms with Crippen molar-refractivity contribution in [3.8, 4) is 0 Å². The van der Waals surface area contributed by atoms with Crippen LogP contribution < -0.4 is 0 Å². The van der Waals surface area contributed by atoms with E-state index in [2.05, 4.69) is 109 Å². The number of carbonyl (C=O) groups is 1. The molecule has 0 aromatic rings. The summed E-state index contributed by atoms with van der Waals surface area (Å²) in [5.74, 6) is 0.164. The molecule has 0 bridgehead atoms. The van der Waals surface area contributed by atoms with Gasteiger partial charge in [0.1, 0.15) is 0 Å². The van der Waals surface area contributed by atoms with Gasteiger partial charge in [-0.05, 0) is 120 Å². The molecule has 0 unspecified atom stereocenters. The lowest BCUT2D eigenvalue weighted by atomic mass is 9.98. The van der Waals surface area contributed by atoms with Crippen LogP contribution in [0.2, 0.25) is 0 Å². The summed E-state index contributed by atoms with van der Waals surface area (Å²) in [5.41, 5.74) is 8.61. The van der Waals surface area contributed by atoms with Gasteiger partial charge in [-0.15, -0.1) is 0 Å². The molecule has 0 heterocycles. The number of Topliss-reactive ketones (excluding diaryl/α,β-unsaturated/α-hetero) is 1. The first-order valence-electron chi connectivity index (χ1n) is 16.0. The van der Waals surface area contributed by atoms with Crippen molar-refractivity contribution in [1.82, 2.24) is 0 Å². The van der Waals surface area contributed by atoms with E-state index < -0.39 is 0 Å². The van der Waals surface area contributed by atoms with Crippen LogP contribution >= 0.6 is 0 Å². The molecular weight excluding hydrogens is 524 g/mol. The second-order valence-electron chi connectivity index (χ2n) is 12.7. The zero-order valence-corrected chi connectivity index (χ0v) is 29.5. The number of carbonyl (C=O) groups excluding carboxylic acids is 1. The molecule has 0 spiro atoms. The van der Waals surface area contributed by atoms with Gasteiger partial charge in [0.2, 0.25) is 0 Å². The van der Waals surface area contributed by atoms with Gasteiger partial charge in [0.15, 0.2) is 5.78 Å².